The van der Waals surface area contributed by atoms with E-state index in [0.717, 1.165) is 0 Å². The fourth-order valence-corrected chi connectivity index (χ4v) is 18.5. The molecule has 0 atom stereocenters. The molecule has 398 valence electrons. The van der Waals surface area contributed by atoms with Crippen LogP contribution in [0.1, 0.15) is 132 Å². The molecule has 0 fully saturated rings. The van der Waals surface area contributed by atoms with E-state index in [-0.39, 0.29) is 27.1 Å². The number of benzene rings is 9. The van der Waals surface area contributed by atoms with Gasteiger partial charge in [0, 0.05) is 101 Å². The first-order valence-corrected chi connectivity index (χ1v) is 32.1. The van der Waals surface area contributed by atoms with Crippen LogP contribution in [0.2, 0.25) is 0 Å². The van der Waals surface area contributed by atoms with Crippen LogP contribution in [0, 0.1) is 0 Å². The highest BCUT2D eigenvalue weighted by Crippen LogP contribution is 2.51. The van der Waals surface area contributed by atoms with E-state index in [1.165, 1.54) is 140 Å². The molecule has 0 spiro atoms. The molecule has 0 nitrogen and oxygen atoms in total. The van der Waals surface area contributed by atoms with Gasteiger partial charge in [-0.05, 0) is 115 Å². The first kappa shape index (κ1) is 53.7. The number of thiophene rings is 5. The lowest BCUT2D eigenvalue weighted by Crippen LogP contribution is -2.17. The van der Waals surface area contributed by atoms with E-state index in [9.17, 15) is 0 Å². The Bertz CT molecular complexity index is 4450. The van der Waals surface area contributed by atoms with Crippen LogP contribution < -0.4 is 0 Å². The summed E-state index contributed by atoms with van der Waals surface area (Å²) in [6.07, 6.45) is 0. The van der Waals surface area contributed by atoms with Crippen LogP contribution in [-0.4, -0.2) is 0 Å². The molecule has 0 amide bonds. The summed E-state index contributed by atoms with van der Waals surface area (Å²) in [6, 6.07) is 61.0. The standard InChI is InChI=1S/C30H36S.2C22H18S2/c1-28(2,3)20-16-19(17-21(18-20)29(4,5)6)22-14-15-25-26(27(22)30(7,8)9)23-12-10-11-13-24(23)31-25;1-22(2,3)19-20-15(13-8-4-6-10-17(13)23-20)12-16-14-9-5-7-11-18(14)24-21(16)19;1-22(2,3)21-19-13-8-4-6-10-15(13)23-17(19)12-18-20(21)14-9-5-7-11-16(14)24-18/h10-18H,1-9H3;2*4-12H,1-3H3. The zero-order chi connectivity index (χ0) is 55.7. The summed E-state index contributed by atoms with van der Waals surface area (Å²) in [5.41, 5.74) is 10.5. The average Bonchev–Trinajstić information content (AvgIpc) is 4.13. The van der Waals surface area contributed by atoms with Crippen molar-refractivity contribution in [2.45, 2.75) is 131 Å². The minimum atomic E-state index is 0.0400. The van der Waals surface area contributed by atoms with Crippen LogP contribution in [0.4, 0.5) is 0 Å². The Balaban J connectivity index is 0.000000120. The van der Waals surface area contributed by atoms with Crippen molar-refractivity contribution in [3.8, 4) is 11.1 Å². The summed E-state index contributed by atoms with van der Waals surface area (Å²) in [5.74, 6) is 0. The van der Waals surface area contributed by atoms with Gasteiger partial charge in [0.1, 0.15) is 0 Å². The molecule has 5 heteroatoms. The van der Waals surface area contributed by atoms with Gasteiger partial charge in [-0.25, -0.2) is 0 Å². The van der Waals surface area contributed by atoms with Crippen molar-refractivity contribution >= 4 is 158 Å². The van der Waals surface area contributed by atoms with Gasteiger partial charge in [-0.15, -0.1) is 56.7 Å². The van der Waals surface area contributed by atoms with E-state index < -0.39 is 0 Å². The van der Waals surface area contributed by atoms with Crippen molar-refractivity contribution in [1.82, 2.24) is 0 Å². The summed E-state index contributed by atoms with van der Waals surface area (Å²) >= 11 is 9.65. The molecule has 0 saturated heterocycles. The maximum atomic E-state index is 2.43. The maximum absolute atomic E-state index is 2.43. The van der Waals surface area contributed by atoms with Crippen molar-refractivity contribution in [3.63, 3.8) is 0 Å². The van der Waals surface area contributed by atoms with Gasteiger partial charge in [0.15, 0.2) is 0 Å². The van der Waals surface area contributed by atoms with Gasteiger partial charge in [-0.2, -0.15) is 0 Å². The highest BCUT2D eigenvalue weighted by Gasteiger charge is 2.29. The molecule has 14 rings (SSSR count). The topological polar surface area (TPSA) is 0 Å². The third-order valence-corrected chi connectivity index (χ3v) is 21.6. The molecule has 0 aliphatic heterocycles. The summed E-state index contributed by atoms with van der Waals surface area (Å²) in [4.78, 5) is 0. The molecule has 79 heavy (non-hydrogen) atoms. The predicted octanol–water partition coefficient (Wildman–Crippen LogP) is 25.1. The Morgan fingerprint density at radius 1 is 0.241 bits per heavy atom. The van der Waals surface area contributed by atoms with E-state index in [0.29, 0.717) is 0 Å². The molecule has 5 heterocycles. The minimum Gasteiger partial charge on any atom is -0.135 e. The lowest BCUT2D eigenvalue weighted by Gasteiger charge is -2.29. The van der Waals surface area contributed by atoms with E-state index >= 15 is 0 Å². The number of fused-ring (bicyclic) bond motifs is 15. The normalized spacial score (nSPS) is 13.0. The monoisotopic (exact) mass is 1120 g/mol. The molecular formula is C74H72S5. The van der Waals surface area contributed by atoms with Crippen LogP contribution in [0.3, 0.4) is 0 Å². The smallest absolute Gasteiger partial charge is 0.0407 e. The van der Waals surface area contributed by atoms with E-state index in [4.69, 9.17) is 0 Å². The first-order valence-electron chi connectivity index (χ1n) is 28.0. The van der Waals surface area contributed by atoms with Gasteiger partial charge in [0.05, 0.1) is 0 Å². The predicted molar refractivity (Wildman–Crippen MR) is 363 cm³/mol. The van der Waals surface area contributed by atoms with Gasteiger partial charge < -0.3 is 0 Å². The number of hydrogen-bond acceptors (Lipinski definition) is 5. The minimum absolute atomic E-state index is 0.0400. The summed E-state index contributed by atoms with van der Waals surface area (Å²) in [6.45, 7) is 35.1. The van der Waals surface area contributed by atoms with Crippen LogP contribution in [0.25, 0.3) is 112 Å². The molecule has 0 N–H and O–H groups in total. The average molecular weight is 1120 g/mol. The van der Waals surface area contributed by atoms with Crippen molar-refractivity contribution < 1.29 is 0 Å². The second kappa shape index (κ2) is 19.4. The molecule has 5 aromatic heterocycles. The molecule has 0 aliphatic rings. The number of hydrogen-bond donors (Lipinski definition) is 0. The second-order valence-electron chi connectivity index (χ2n) is 26.9. The van der Waals surface area contributed by atoms with Crippen LogP contribution in [0.5, 0.6) is 0 Å². The third kappa shape index (κ3) is 9.59. The fourth-order valence-electron chi connectivity index (χ4n) is 12.0. The van der Waals surface area contributed by atoms with Crippen molar-refractivity contribution in [3.05, 3.63) is 192 Å². The molecule has 0 saturated carbocycles. The lowest BCUT2D eigenvalue weighted by molar-refractivity contribution is 0.568. The zero-order valence-corrected chi connectivity index (χ0v) is 52.7. The fraction of sp³-hybridized carbons (Fsp3) is 0.270. The van der Waals surface area contributed by atoms with Crippen molar-refractivity contribution in [2.24, 2.45) is 0 Å². The van der Waals surface area contributed by atoms with Gasteiger partial charge in [-0.3, -0.25) is 0 Å². The lowest BCUT2D eigenvalue weighted by atomic mass is 9.75. The Labute approximate surface area is 487 Å². The van der Waals surface area contributed by atoms with Crippen LogP contribution >= 0.6 is 56.7 Å². The SMILES string of the molecule is CC(C)(C)c1c2c(cc3sc4ccccc4c13)sc1ccccc12.CC(C)(C)c1c2sc3ccccc3c2cc2c1sc1ccccc12.CC(C)(C)c1cc(-c2ccc3sc4ccccc4c3c2C(C)(C)C)cc(C(C)(C)C)c1. The highest BCUT2D eigenvalue weighted by molar-refractivity contribution is 7.29. The third-order valence-electron chi connectivity index (χ3n) is 15.8. The van der Waals surface area contributed by atoms with Crippen LogP contribution in [0.15, 0.2) is 164 Å². The highest BCUT2D eigenvalue weighted by atomic mass is 32.1. The second-order valence-corrected chi connectivity index (χ2v) is 32.3. The Kier molecular flexibility index (Phi) is 13.2. The molecule has 0 unspecified atom stereocenters. The molecule has 14 aromatic rings. The van der Waals surface area contributed by atoms with Gasteiger partial charge in [-0.1, -0.05) is 219 Å². The summed E-state index contributed by atoms with van der Waals surface area (Å²) < 4.78 is 14.1. The first-order chi connectivity index (χ1) is 37.3. The van der Waals surface area contributed by atoms with Gasteiger partial charge >= 0.3 is 0 Å². The number of rotatable bonds is 1. The summed E-state index contributed by atoms with van der Waals surface area (Å²) in [7, 11) is 0. The Hall–Kier alpha value is -5.92. The van der Waals surface area contributed by atoms with E-state index in [1.807, 2.05) is 56.7 Å². The largest absolute Gasteiger partial charge is 0.135 e. The molecular weight excluding hydrogens is 1050 g/mol. The van der Waals surface area contributed by atoms with Crippen molar-refractivity contribution in [1.29, 1.82) is 0 Å². The van der Waals surface area contributed by atoms with Gasteiger partial charge in [0.2, 0.25) is 0 Å². The molecule has 9 aromatic carbocycles. The Morgan fingerprint density at radius 3 is 0.962 bits per heavy atom. The zero-order valence-electron chi connectivity index (χ0n) is 48.6. The van der Waals surface area contributed by atoms with Gasteiger partial charge in [0.25, 0.3) is 0 Å². The summed E-state index contributed by atoms with van der Waals surface area (Å²) in [5, 5.41) is 14.1. The van der Waals surface area contributed by atoms with E-state index in [2.05, 4.69) is 268 Å². The molecule has 0 radical (unpaired) electrons. The maximum Gasteiger partial charge on any atom is 0.0407 e. The molecule has 0 aliphatic carbocycles. The quantitative estimate of drug-likeness (QED) is 0.154. The Morgan fingerprint density at radius 2 is 0.582 bits per heavy atom. The molecule has 0 bridgehead atoms. The van der Waals surface area contributed by atoms with Crippen LogP contribution in [-0.2, 0) is 27.1 Å². The van der Waals surface area contributed by atoms with E-state index in [1.54, 1.807) is 0 Å². The van der Waals surface area contributed by atoms with Crippen molar-refractivity contribution in [2.75, 3.05) is 0 Å².